The van der Waals surface area contributed by atoms with Crippen LogP contribution in [-0.4, -0.2) is 38.9 Å². The minimum atomic E-state index is -0.664. The highest BCUT2D eigenvalue weighted by molar-refractivity contribution is 5.91. The number of hydrogen-bond donors (Lipinski definition) is 1. The molecule has 4 aromatic rings. The zero-order valence-electron chi connectivity index (χ0n) is 18.9. The third-order valence-corrected chi connectivity index (χ3v) is 6.53. The molecule has 171 valence electrons. The van der Waals surface area contributed by atoms with Gasteiger partial charge in [-0.2, -0.15) is 0 Å². The van der Waals surface area contributed by atoms with Crippen LogP contribution in [-0.2, 0) is 16.0 Å². The van der Waals surface area contributed by atoms with Gasteiger partial charge in [0.25, 0.3) is 0 Å². The van der Waals surface area contributed by atoms with E-state index in [1.807, 2.05) is 78.9 Å². The molecule has 2 N–H and O–H groups in total. The zero-order chi connectivity index (χ0) is 23.5. The van der Waals surface area contributed by atoms with Crippen LogP contribution < -0.4 is 5.73 Å². The van der Waals surface area contributed by atoms with Crippen LogP contribution in [0.5, 0.6) is 0 Å². The minimum absolute atomic E-state index is 0.00159. The number of nitrogens with zero attached hydrogens (tertiary/aromatic N) is 3. The SMILES string of the molecule is NC(=O)C1CC(n2c(-c3ccccc3)nc3ccccc32)CCN1C(=O)[CH]Cc1ccccc1. The van der Waals surface area contributed by atoms with Crippen molar-refractivity contribution in [3.63, 3.8) is 0 Å². The van der Waals surface area contributed by atoms with E-state index in [2.05, 4.69) is 10.6 Å². The molecule has 1 aromatic heterocycles. The number of aromatic nitrogens is 2. The second kappa shape index (κ2) is 9.51. The average Bonchev–Trinajstić information content (AvgIpc) is 3.28. The quantitative estimate of drug-likeness (QED) is 0.478. The van der Waals surface area contributed by atoms with Crippen molar-refractivity contribution in [2.24, 2.45) is 5.73 Å². The van der Waals surface area contributed by atoms with E-state index >= 15 is 0 Å². The van der Waals surface area contributed by atoms with Gasteiger partial charge in [-0.1, -0.05) is 72.8 Å². The molecule has 2 unspecified atom stereocenters. The summed E-state index contributed by atoms with van der Waals surface area (Å²) < 4.78 is 2.22. The highest BCUT2D eigenvalue weighted by Gasteiger charge is 2.36. The van der Waals surface area contributed by atoms with Gasteiger partial charge < -0.3 is 15.2 Å². The van der Waals surface area contributed by atoms with Crippen LogP contribution in [0, 0.1) is 6.42 Å². The Kier molecular flexibility index (Phi) is 6.12. The lowest BCUT2D eigenvalue weighted by molar-refractivity contribution is -0.139. The number of carbonyl (C=O) groups is 2. The first-order valence-corrected chi connectivity index (χ1v) is 11.6. The molecule has 2 atom stereocenters. The Morgan fingerprint density at radius 1 is 0.941 bits per heavy atom. The molecule has 1 saturated heterocycles. The first-order valence-electron chi connectivity index (χ1n) is 11.6. The Morgan fingerprint density at radius 3 is 2.35 bits per heavy atom. The van der Waals surface area contributed by atoms with Gasteiger partial charge in [-0.05, 0) is 37.0 Å². The molecule has 34 heavy (non-hydrogen) atoms. The molecule has 5 rings (SSSR count). The van der Waals surface area contributed by atoms with Gasteiger partial charge in [-0.15, -0.1) is 0 Å². The van der Waals surface area contributed by atoms with Gasteiger partial charge in [0.05, 0.1) is 17.5 Å². The van der Waals surface area contributed by atoms with E-state index in [0.717, 1.165) is 34.4 Å². The normalized spacial score (nSPS) is 18.2. The smallest absolute Gasteiger partial charge is 0.240 e. The lowest BCUT2D eigenvalue weighted by Crippen LogP contribution is -2.52. The largest absolute Gasteiger partial charge is 0.368 e. The molecule has 1 radical (unpaired) electrons. The van der Waals surface area contributed by atoms with Crippen molar-refractivity contribution in [1.82, 2.24) is 14.5 Å². The van der Waals surface area contributed by atoms with Gasteiger partial charge in [-0.3, -0.25) is 9.59 Å². The van der Waals surface area contributed by atoms with Gasteiger partial charge in [0, 0.05) is 18.2 Å². The highest BCUT2D eigenvalue weighted by atomic mass is 16.2. The summed E-state index contributed by atoms with van der Waals surface area (Å²) in [5, 5.41) is 0. The standard InChI is InChI=1S/C28H27N4O2/c29-27(34)25-19-22(17-18-31(25)26(33)16-15-20-9-3-1-4-10-20)32-24-14-8-7-13-23(24)30-28(32)21-11-5-2-6-12-21/h1-14,16,22,25H,15,17-19H2,(H2,29,34). The molecule has 1 fully saturated rings. The lowest BCUT2D eigenvalue weighted by atomic mass is 9.94. The van der Waals surface area contributed by atoms with Gasteiger partial charge >= 0.3 is 0 Å². The number of primary amides is 1. The van der Waals surface area contributed by atoms with Crippen molar-refractivity contribution in [2.75, 3.05) is 6.54 Å². The van der Waals surface area contributed by atoms with Crippen molar-refractivity contribution in [3.05, 3.63) is 96.9 Å². The minimum Gasteiger partial charge on any atom is -0.368 e. The monoisotopic (exact) mass is 451 g/mol. The number of para-hydroxylation sites is 2. The fraction of sp³-hybridized carbons (Fsp3) is 0.214. The molecule has 2 amide bonds. The van der Waals surface area contributed by atoms with Crippen molar-refractivity contribution in [3.8, 4) is 11.4 Å². The molecule has 0 spiro atoms. The summed E-state index contributed by atoms with van der Waals surface area (Å²) in [6.45, 7) is 0.461. The Bertz CT molecular complexity index is 1300. The number of piperidine rings is 1. The Hall–Kier alpha value is -3.93. The molecular formula is C28H27N4O2. The second-order valence-corrected chi connectivity index (χ2v) is 8.68. The second-order valence-electron chi connectivity index (χ2n) is 8.68. The van der Waals surface area contributed by atoms with Gasteiger partial charge in [0.15, 0.2) is 0 Å². The fourth-order valence-corrected chi connectivity index (χ4v) is 4.86. The molecule has 1 aliphatic rings. The maximum Gasteiger partial charge on any atom is 0.240 e. The summed E-state index contributed by atoms with van der Waals surface area (Å²) >= 11 is 0. The highest BCUT2D eigenvalue weighted by Crippen LogP contribution is 2.35. The van der Waals surface area contributed by atoms with Crippen molar-refractivity contribution < 1.29 is 9.59 Å². The summed E-state index contributed by atoms with van der Waals surface area (Å²) in [7, 11) is 0. The predicted octanol–water partition coefficient (Wildman–Crippen LogP) is 4.17. The Morgan fingerprint density at radius 2 is 1.62 bits per heavy atom. The molecular weight excluding hydrogens is 424 g/mol. The number of imidazole rings is 1. The first kappa shape index (κ1) is 21.9. The number of rotatable bonds is 6. The molecule has 2 heterocycles. The molecule has 0 saturated carbocycles. The molecule has 6 nitrogen and oxygen atoms in total. The Labute approximate surface area is 199 Å². The van der Waals surface area contributed by atoms with E-state index in [0.29, 0.717) is 19.4 Å². The molecule has 6 heteroatoms. The summed E-state index contributed by atoms with van der Waals surface area (Å²) in [6.07, 6.45) is 3.35. The van der Waals surface area contributed by atoms with E-state index < -0.39 is 11.9 Å². The number of benzene rings is 3. The maximum atomic E-state index is 13.0. The van der Waals surface area contributed by atoms with Gasteiger partial charge in [0.1, 0.15) is 11.9 Å². The molecule has 0 bridgehead atoms. The fourth-order valence-electron chi connectivity index (χ4n) is 4.86. The number of nitrogens with two attached hydrogens (primary N) is 1. The van der Waals surface area contributed by atoms with Crippen LogP contribution in [0.4, 0.5) is 0 Å². The lowest BCUT2D eigenvalue weighted by Gasteiger charge is -2.39. The van der Waals surface area contributed by atoms with E-state index in [-0.39, 0.29) is 11.9 Å². The summed E-state index contributed by atoms with van der Waals surface area (Å²) in [5.74, 6) is 0.243. The first-order chi connectivity index (χ1) is 16.6. The summed E-state index contributed by atoms with van der Waals surface area (Å²) in [4.78, 5) is 32.0. The summed E-state index contributed by atoms with van der Waals surface area (Å²) in [5.41, 5.74) is 9.81. The average molecular weight is 452 g/mol. The zero-order valence-corrected chi connectivity index (χ0v) is 18.9. The van der Waals surface area contributed by atoms with Crippen LogP contribution in [0.15, 0.2) is 84.9 Å². The van der Waals surface area contributed by atoms with Crippen LogP contribution in [0.1, 0.15) is 24.4 Å². The van der Waals surface area contributed by atoms with E-state index in [4.69, 9.17) is 10.7 Å². The number of carbonyl (C=O) groups excluding carboxylic acids is 2. The molecule has 1 aliphatic heterocycles. The van der Waals surface area contributed by atoms with E-state index in [1.54, 1.807) is 11.3 Å². The van der Waals surface area contributed by atoms with Crippen molar-refractivity contribution in [1.29, 1.82) is 0 Å². The molecule has 0 aliphatic carbocycles. The predicted molar refractivity (Wildman–Crippen MR) is 133 cm³/mol. The number of fused-ring (bicyclic) bond motifs is 1. The van der Waals surface area contributed by atoms with Crippen LogP contribution in [0.3, 0.4) is 0 Å². The topological polar surface area (TPSA) is 81.2 Å². The Balaban J connectivity index is 1.42. The van der Waals surface area contributed by atoms with Crippen LogP contribution >= 0.6 is 0 Å². The van der Waals surface area contributed by atoms with Crippen LogP contribution in [0.25, 0.3) is 22.4 Å². The maximum absolute atomic E-state index is 13.0. The molecule has 3 aromatic carbocycles. The van der Waals surface area contributed by atoms with Gasteiger partial charge in [0.2, 0.25) is 11.8 Å². The third kappa shape index (κ3) is 4.31. The third-order valence-electron chi connectivity index (χ3n) is 6.53. The van der Waals surface area contributed by atoms with Gasteiger partial charge in [-0.25, -0.2) is 4.98 Å². The number of likely N-dealkylation sites (tertiary alicyclic amines) is 1. The number of amides is 2. The van der Waals surface area contributed by atoms with Crippen LogP contribution in [0.2, 0.25) is 0 Å². The number of hydrogen-bond acceptors (Lipinski definition) is 3. The van der Waals surface area contributed by atoms with E-state index in [1.165, 1.54) is 0 Å². The van der Waals surface area contributed by atoms with Crippen molar-refractivity contribution in [2.45, 2.75) is 31.3 Å². The summed E-state index contributed by atoms with van der Waals surface area (Å²) in [6, 6.07) is 27.2. The van der Waals surface area contributed by atoms with Crippen molar-refractivity contribution >= 4 is 22.8 Å². The van der Waals surface area contributed by atoms with E-state index in [9.17, 15) is 9.59 Å².